The summed E-state index contributed by atoms with van der Waals surface area (Å²) >= 11 is 12.3. The Bertz CT molecular complexity index is 363. The molecule has 0 aliphatic carbocycles. The molecule has 2 unspecified atom stereocenters. The number of halogens is 2. The molecule has 0 heterocycles. The molecule has 0 amide bonds. The second-order valence-corrected chi connectivity index (χ2v) is 5.65. The lowest BCUT2D eigenvalue weighted by molar-refractivity contribution is 0.307. The van der Waals surface area contributed by atoms with Gasteiger partial charge in [0, 0.05) is 16.1 Å². The van der Waals surface area contributed by atoms with Crippen molar-refractivity contribution in [3.05, 3.63) is 33.8 Å². The summed E-state index contributed by atoms with van der Waals surface area (Å²) < 4.78 is 0. The molecule has 2 atom stereocenters. The van der Waals surface area contributed by atoms with Crippen LogP contribution in [0.1, 0.15) is 39.3 Å². The SMILES string of the molecule is CCNC(c1cc(Cl)ccc1Cl)C(C)C(C)C. The van der Waals surface area contributed by atoms with Crippen molar-refractivity contribution < 1.29 is 0 Å². The average Bonchev–Trinajstić information content (AvgIpc) is 2.28. The number of hydrogen-bond acceptors (Lipinski definition) is 1. The molecule has 0 saturated heterocycles. The summed E-state index contributed by atoms with van der Waals surface area (Å²) in [7, 11) is 0. The Morgan fingerprint density at radius 1 is 1.18 bits per heavy atom. The van der Waals surface area contributed by atoms with Gasteiger partial charge in [-0.2, -0.15) is 0 Å². The minimum Gasteiger partial charge on any atom is -0.310 e. The summed E-state index contributed by atoms with van der Waals surface area (Å²) in [4.78, 5) is 0. The van der Waals surface area contributed by atoms with Gasteiger partial charge in [-0.1, -0.05) is 50.9 Å². The van der Waals surface area contributed by atoms with Crippen molar-refractivity contribution >= 4 is 23.2 Å². The van der Waals surface area contributed by atoms with Crippen LogP contribution >= 0.6 is 23.2 Å². The standard InChI is InChI=1S/C14H21Cl2N/c1-5-17-14(10(4)9(2)3)12-8-11(15)6-7-13(12)16/h6-10,14,17H,5H2,1-4H3. The van der Waals surface area contributed by atoms with E-state index in [0.717, 1.165) is 22.2 Å². The Balaban J connectivity index is 3.08. The fraction of sp³-hybridized carbons (Fsp3) is 0.571. The Labute approximate surface area is 115 Å². The van der Waals surface area contributed by atoms with Gasteiger partial charge in [-0.3, -0.25) is 0 Å². The van der Waals surface area contributed by atoms with Crippen LogP contribution in [0.15, 0.2) is 18.2 Å². The van der Waals surface area contributed by atoms with Gasteiger partial charge in [0.05, 0.1) is 0 Å². The molecule has 0 fully saturated rings. The molecule has 0 aliphatic heterocycles. The number of hydrogen-bond donors (Lipinski definition) is 1. The highest BCUT2D eigenvalue weighted by Gasteiger charge is 2.23. The summed E-state index contributed by atoms with van der Waals surface area (Å²) in [6.45, 7) is 9.74. The maximum Gasteiger partial charge on any atom is 0.0454 e. The second-order valence-electron chi connectivity index (χ2n) is 4.80. The van der Waals surface area contributed by atoms with Gasteiger partial charge in [-0.25, -0.2) is 0 Å². The lowest BCUT2D eigenvalue weighted by atomic mass is 9.86. The van der Waals surface area contributed by atoms with E-state index in [0.29, 0.717) is 11.8 Å². The molecule has 1 aromatic carbocycles. The quantitative estimate of drug-likeness (QED) is 0.802. The van der Waals surface area contributed by atoms with Crippen LogP contribution in [0, 0.1) is 11.8 Å². The van der Waals surface area contributed by atoms with Crippen molar-refractivity contribution in [3.63, 3.8) is 0 Å². The first kappa shape index (κ1) is 14.8. The Hall–Kier alpha value is -0.240. The van der Waals surface area contributed by atoms with Crippen LogP contribution in [-0.2, 0) is 0 Å². The maximum absolute atomic E-state index is 6.28. The van der Waals surface area contributed by atoms with Gasteiger partial charge < -0.3 is 5.32 Å². The van der Waals surface area contributed by atoms with Gasteiger partial charge in [-0.05, 0) is 42.1 Å². The van der Waals surface area contributed by atoms with Gasteiger partial charge in [0.25, 0.3) is 0 Å². The summed E-state index contributed by atoms with van der Waals surface area (Å²) in [6, 6.07) is 5.93. The number of rotatable bonds is 5. The zero-order chi connectivity index (χ0) is 13.0. The molecule has 17 heavy (non-hydrogen) atoms. The lowest BCUT2D eigenvalue weighted by Gasteiger charge is -2.29. The monoisotopic (exact) mass is 273 g/mol. The molecular weight excluding hydrogens is 253 g/mol. The van der Waals surface area contributed by atoms with E-state index in [1.165, 1.54) is 0 Å². The average molecular weight is 274 g/mol. The Kier molecular flexibility index (Phi) is 5.78. The summed E-state index contributed by atoms with van der Waals surface area (Å²) in [5.74, 6) is 1.10. The summed E-state index contributed by atoms with van der Waals surface area (Å²) in [5, 5.41) is 5.03. The first-order valence-corrected chi connectivity index (χ1v) is 6.91. The second kappa shape index (κ2) is 6.63. The van der Waals surface area contributed by atoms with E-state index in [9.17, 15) is 0 Å². The third-order valence-electron chi connectivity index (χ3n) is 3.29. The topological polar surface area (TPSA) is 12.0 Å². The van der Waals surface area contributed by atoms with Crippen LogP contribution in [0.25, 0.3) is 0 Å². The van der Waals surface area contributed by atoms with Crippen molar-refractivity contribution in [2.45, 2.75) is 33.7 Å². The molecule has 96 valence electrons. The molecule has 0 spiro atoms. The van der Waals surface area contributed by atoms with E-state index in [2.05, 4.69) is 33.0 Å². The smallest absolute Gasteiger partial charge is 0.0454 e. The number of benzene rings is 1. The molecule has 1 aromatic rings. The predicted octanol–water partition coefficient (Wildman–Crippen LogP) is 4.94. The summed E-state index contributed by atoms with van der Waals surface area (Å²) in [5.41, 5.74) is 1.10. The van der Waals surface area contributed by atoms with E-state index in [4.69, 9.17) is 23.2 Å². The van der Waals surface area contributed by atoms with Crippen molar-refractivity contribution in [2.75, 3.05) is 6.54 Å². The highest BCUT2D eigenvalue weighted by atomic mass is 35.5. The molecular formula is C14H21Cl2N. The van der Waals surface area contributed by atoms with Crippen LogP contribution in [-0.4, -0.2) is 6.54 Å². The Morgan fingerprint density at radius 2 is 1.82 bits per heavy atom. The van der Waals surface area contributed by atoms with E-state index in [1.807, 2.05) is 18.2 Å². The molecule has 0 aliphatic rings. The van der Waals surface area contributed by atoms with Gasteiger partial charge >= 0.3 is 0 Å². The van der Waals surface area contributed by atoms with E-state index >= 15 is 0 Å². The van der Waals surface area contributed by atoms with Crippen LogP contribution in [0.5, 0.6) is 0 Å². The normalized spacial score (nSPS) is 15.0. The minimum absolute atomic E-state index is 0.256. The molecule has 0 saturated carbocycles. The van der Waals surface area contributed by atoms with Crippen molar-refractivity contribution in [1.29, 1.82) is 0 Å². The van der Waals surface area contributed by atoms with E-state index < -0.39 is 0 Å². The third kappa shape index (κ3) is 3.87. The molecule has 0 aromatic heterocycles. The van der Waals surface area contributed by atoms with Gasteiger partial charge in [0.15, 0.2) is 0 Å². The van der Waals surface area contributed by atoms with Gasteiger partial charge in [-0.15, -0.1) is 0 Å². The number of nitrogens with one attached hydrogen (secondary N) is 1. The van der Waals surface area contributed by atoms with E-state index in [1.54, 1.807) is 0 Å². The fourth-order valence-electron chi connectivity index (χ4n) is 1.94. The molecule has 1 nitrogen and oxygen atoms in total. The first-order chi connectivity index (χ1) is 7.97. The van der Waals surface area contributed by atoms with Crippen LogP contribution in [0.4, 0.5) is 0 Å². The highest BCUT2D eigenvalue weighted by molar-refractivity contribution is 6.33. The van der Waals surface area contributed by atoms with Crippen molar-refractivity contribution in [2.24, 2.45) is 11.8 Å². The lowest BCUT2D eigenvalue weighted by Crippen LogP contribution is -2.29. The predicted molar refractivity (Wildman–Crippen MR) is 76.9 cm³/mol. The zero-order valence-electron chi connectivity index (χ0n) is 10.9. The van der Waals surface area contributed by atoms with Crippen LogP contribution < -0.4 is 5.32 Å². The minimum atomic E-state index is 0.256. The third-order valence-corrected chi connectivity index (χ3v) is 3.87. The Morgan fingerprint density at radius 3 is 2.35 bits per heavy atom. The fourth-order valence-corrected chi connectivity index (χ4v) is 2.35. The largest absolute Gasteiger partial charge is 0.310 e. The van der Waals surface area contributed by atoms with Crippen molar-refractivity contribution in [1.82, 2.24) is 5.32 Å². The van der Waals surface area contributed by atoms with Crippen molar-refractivity contribution in [3.8, 4) is 0 Å². The van der Waals surface area contributed by atoms with Crippen LogP contribution in [0.2, 0.25) is 10.0 Å². The molecule has 0 bridgehead atoms. The molecule has 0 radical (unpaired) electrons. The zero-order valence-corrected chi connectivity index (χ0v) is 12.4. The highest BCUT2D eigenvalue weighted by Crippen LogP contribution is 2.33. The molecule has 1 rings (SSSR count). The molecule has 1 N–H and O–H groups in total. The molecule has 3 heteroatoms. The maximum atomic E-state index is 6.28. The summed E-state index contributed by atoms with van der Waals surface area (Å²) in [6.07, 6.45) is 0. The van der Waals surface area contributed by atoms with Gasteiger partial charge in [0.1, 0.15) is 0 Å². The van der Waals surface area contributed by atoms with Crippen LogP contribution in [0.3, 0.4) is 0 Å². The first-order valence-electron chi connectivity index (χ1n) is 6.15. The van der Waals surface area contributed by atoms with E-state index in [-0.39, 0.29) is 6.04 Å². The van der Waals surface area contributed by atoms with Gasteiger partial charge in [0.2, 0.25) is 0 Å².